The van der Waals surface area contributed by atoms with Gasteiger partial charge in [-0.1, -0.05) is 54.1 Å². The summed E-state index contributed by atoms with van der Waals surface area (Å²) in [6.45, 7) is 0.472. The number of halogens is 1. The van der Waals surface area contributed by atoms with Crippen LogP contribution >= 0.6 is 11.6 Å². The van der Waals surface area contributed by atoms with Gasteiger partial charge in [0.05, 0.1) is 23.3 Å². The molecule has 7 heteroatoms. The normalized spacial score (nSPS) is 11.7. The predicted molar refractivity (Wildman–Crippen MR) is 92.8 cm³/mol. The third kappa shape index (κ3) is 4.11. The van der Waals surface area contributed by atoms with E-state index in [4.69, 9.17) is 11.6 Å². The average Bonchev–Trinajstić information content (AvgIpc) is 3.10. The Bertz CT molecular complexity index is 792. The lowest BCUT2D eigenvalue weighted by atomic mass is 10.1. The van der Waals surface area contributed by atoms with E-state index < -0.39 is 0 Å². The van der Waals surface area contributed by atoms with Crippen molar-refractivity contribution in [3.63, 3.8) is 0 Å². The maximum Gasteiger partial charge on any atom is 0.319 e. The van der Waals surface area contributed by atoms with Gasteiger partial charge in [0.2, 0.25) is 0 Å². The minimum absolute atomic E-state index is 0.254. The number of benzene rings is 2. The number of hydrogen-bond acceptors (Lipinski definition) is 3. The highest BCUT2D eigenvalue weighted by Gasteiger charge is 2.16. The van der Waals surface area contributed by atoms with Gasteiger partial charge in [-0.2, -0.15) is 5.10 Å². The van der Waals surface area contributed by atoms with Crippen molar-refractivity contribution in [2.45, 2.75) is 12.6 Å². The Morgan fingerprint density at radius 3 is 2.58 bits per heavy atom. The molecule has 6 nitrogen and oxygen atoms in total. The number of aromatic nitrogens is 3. The Hall–Kier alpha value is -2.86. The predicted octanol–water partition coefficient (Wildman–Crippen LogP) is 3.49. The van der Waals surface area contributed by atoms with Gasteiger partial charge in [-0.3, -0.25) is 4.68 Å². The zero-order valence-electron chi connectivity index (χ0n) is 12.8. The Kier molecular flexibility index (Phi) is 5.08. The minimum atomic E-state index is -0.336. The van der Waals surface area contributed by atoms with Crippen molar-refractivity contribution >= 4 is 23.3 Å². The summed E-state index contributed by atoms with van der Waals surface area (Å²) in [5.74, 6) is 0. The van der Waals surface area contributed by atoms with Crippen molar-refractivity contribution in [3.8, 4) is 0 Å². The first-order valence-corrected chi connectivity index (χ1v) is 7.79. The third-order valence-electron chi connectivity index (χ3n) is 3.47. The molecule has 1 heterocycles. The molecule has 122 valence electrons. The highest BCUT2D eigenvalue weighted by atomic mass is 35.5. The SMILES string of the molecule is O=C(Nc1ccccc1Cl)NC(Cn1cncn1)c1ccccc1. The lowest BCUT2D eigenvalue weighted by Gasteiger charge is -2.19. The number of nitrogens with one attached hydrogen (secondary N) is 2. The highest BCUT2D eigenvalue weighted by Crippen LogP contribution is 2.21. The maximum absolute atomic E-state index is 12.4. The first-order valence-electron chi connectivity index (χ1n) is 7.42. The number of carbonyl (C=O) groups excluding carboxylic acids is 1. The second-order valence-corrected chi connectivity index (χ2v) is 5.57. The molecule has 0 radical (unpaired) electrons. The van der Waals surface area contributed by atoms with Crippen LogP contribution in [0.4, 0.5) is 10.5 Å². The van der Waals surface area contributed by atoms with Crippen molar-refractivity contribution in [1.82, 2.24) is 20.1 Å². The molecule has 0 spiro atoms. The topological polar surface area (TPSA) is 71.8 Å². The molecular weight excluding hydrogens is 326 g/mol. The molecule has 2 N–H and O–H groups in total. The smallest absolute Gasteiger partial charge is 0.319 e. The number of hydrogen-bond donors (Lipinski definition) is 2. The van der Waals surface area contributed by atoms with Crippen LogP contribution in [0, 0.1) is 0 Å². The minimum Gasteiger partial charge on any atom is -0.329 e. The molecule has 1 aromatic heterocycles. The van der Waals surface area contributed by atoms with Crippen LogP contribution in [0.15, 0.2) is 67.3 Å². The molecule has 1 atom stereocenters. The van der Waals surface area contributed by atoms with Crippen LogP contribution in [0.25, 0.3) is 0 Å². The Balaban J connectivity index is 1.74. The lowest BCUT2D eigenvalue weighted by molar-refractivity contribution is 0.246. The van der Waals surface area contributed by atoms with Crippen LogP contribution in [0.5, 0.6) is 0 Å². The van der Waals surface area contributed by atoms with E-state index in [0.717, 1.165) is 5.56 Å². The van der Waals surface area contributed by atoms with E-state index in [9.17, 15) is 4.79 Å². The molecule has 0 bridgehead atoms. The fourth-order valence-corrected chi connectivity index (χ4v) is 2.50. The molecule has 0 saturated carbocycles. The number of carbonyl (C=O) groups is 1. The maximum atomic E-state index is 12.4. The monoisotopic (exact) mass is 341 g/mol. The summed E-state index contributed by atoms with van der Waals surface area (Å²) in [5.41, 5.74) is 1.53. The molecule has 0 saturated heterocycles. The number of anilines is 1. The average molecular weight is 342 g/mol. The number of urea groups is 1. The Labute approximate surface area is 144 Å². The molecule has 0 aliphatic rings. The van der Waals surface area contributed by atoms with E-state index in [1.807, 2.05) is 42.5 Å². The fourth-order valence-electron chi connectivity index (χ4n) is 2.31. The Morgan fingerprint density at radius 2 is 1.88 bits per heavy atom. The number of amides is 2. The van der Waals surface area contributed by atoms with Crippen molar-refractivity contribution in [3.05, 3.63) is 77.8 Å². The van der Waals surface area contributed by atoms with E-state index in [0.29, 0.717) is 17.3 Å². The Morgan fingerprint density at radius 1 is 1.12 bits per heavy atom. The van der Waals surface area contributed by atoms with Crippen molar-refractivity contribution in [2.24, 2.45) is 0 Å². The van der Waals surface area contributed by atoms with Crippen molar-refractivity contribution in [2.75, 3.05) is 5.32 Å². The van der Waals surface area contributed by atoms with E-state index >= 15 is 0 Å². The molecule has 0 aliphatic heterocycles. The summed E-state index contributed by atoms with van der Waals surface area (Å²) < 4.78 is 1.67. The molecule has 2 amide bonds. The second-order valence-electron chi connectivity index (χ2n) is 5.16. The largest absolute Gasteiger partial charge is 0.329 e. The molecule has 3 aromatic rings. The van der Waals surface area contributed by atoms with Crippen LogP contribution in [-0.4, -0.2) is 20.8 Å². The number of para-hydroxylation sites is 1. The molecular formula is C17H16ClN5O. The van der Waals surface area contributed by atoms with Gasteiger partial charge in [-0.25, -0.2) is 9.78 Å². The van der Waals surface area contributed by atoms with Crippen LogP contribution in [0.1, 0.15) is 11.6 Å². The van der Waals surface area contributed by atoms with E-state index in [1.54, 1.807) is 23.1 Å². The van der Waals surface area contributed by atoms with E-state index in [-0.39, 0.29) is 12.1 Å². The summed E-state index contributed by atoms with van der Waals surface area (Å²) in [5, 5.41) is 10.3. The molecule has 1 unspecified atom stereocenters. The van der Waals surface area contributed by atoms with Crippen molar-refractivity contribution < 1.29 is 4.79 Å². The van der Waals surface area contributed by atoms with Crippen LogP contribution in [-0.2, 0) is 6.54 Å². The van der Waals surface area contributed by atoms with Gasteiger partial charge in [-0.15, -0.1) is 0 Å². The van der Waals surface area contributed by atoms with Gasteiger partial charge in [-0.05, 0) is 17.7 Å². The zero-order valence-corrected chi connectivity index (χ0v) is 13.5. The zero-order chi connectivity index (χ0) is 16.8. The third-order valence-corrected chi connectivity index (χ3v) is 3.80. The lowest BCUT2D eigenvalue weighted by Crippen LogP contribution is -2.35. The van der Waals surface area contributed by atoms with Crippen LogP contribution in [0.3, 0.4) is 0 Å². The van der Waals surface area contributed by atoms with Crippen LogP contribution in [0.2, 0.25) is 5.02 Å². The molecule has 0 fully saturated rings. The van der Waals surface area contributed by atoms with Gasteiger partial charge in [0.1, 0.15) is 12.7 Å². The molecule has 0 aliphatic carbocycles. The fraction of sp³-hybridized carbons (Fsp3) is 0.118. The van der Waals surface area contributed by atoms with Gasteiger partial charge in [0, 0.05) is 0 Å². The van der Waals surface area contributed by atoms with Crippen LogP contribution < -0.4 is 10.6 Å². The van der Waals surface area contributed by atoms with Gasteiger partial charge >= 0.3 is 6.03 Å². The quantitative estimate of drug-likeness (QED) is 0.746. The highest BCUT2D eigenvalue weighted by molar-refractivity contribution is 6.33. The van der Waals surface area contributed by atoms with Gasteiger partial charge in [0.15, 0.2) is 0 Å². The number of nitrogens with zero attached hydrogens (tertiary/aromatic N) is 3. The standard InChI is InChI=1S/C17H16ClN5O/c18-14-8-4-5-9-15(14)21-17(24)22-16(10-23-12-19-11-20-23)13-6-2-1-3-7-13/h1-9,11-12,16H,10H2,(H2,21,22,24). The molecule has 2 aromatic carbocycles. The summed E-state index contributed by atoms with van der Waals surface area (Å²) in [4.78, 5) is 16.3. The van der Waals surface area contributed by atoms with Gasteiger partial charge in [0.25, 0.3) is 0 Å². The molecule has 24 heavy (non-hydrogen) atoms. The van der Waals surface area contributed by atoms with E-state index in [1.165, 1.54) is 6.33 Å². The van der Waals surface area contributed by atoms with Gasteiger partial charge < -0.3 is 10.6 Å². The number of rotatable bonds is 5. The molecule has 3 rings (SSSR count). The first-order chi connectivity index (χ1) is 11.7. The first kappa shape index (κ1) is 16.0. The summed E-state index contributed by atoms with van der Waals surface area (Å²) in [6.07, 6.45) is 3.08. The van der Waals surface area contributed by atoms with Crippen molar-refractivity contribution in [1.29, 1.82) is 0 Å². The summed E-state index contributed by atoms with van der Waals surface area (Å²) in [7, 11) is 0. The second kappa shape index (κ2) is 7.61. The summed E-state index contributed by atoms with van der Waals surface area (Å²) >= 11 is 6.07. The summed E-state index contributed by atoms with van der Waals surface area (Å²) in [6, 6.07) is 16.2. The van der Waals surface area contributed by atoms with E-state index in [2.05, 4.69) is 20.7 Å².